The van der Waals surface area contributed by atoms with Crippen molar-refractivity contribution in [1.29, 1.82) is 0 Å². The molecule has 1 aromatic heterocycles. The van der Waals surface area contributed by atoms with E-state index in [4.69, 9.17) is 11.4 Å². The van der Waals surface area contributed by atoms with Crippen LogP contribution in [-0.4, -0.2) is 17.6 Å². The van der Waals surface area contributed by atoms with Crippen LogP contribution in [0.5, 0.6) is 0 Å². The normalized spacial score (nSPS) is 13.5. The van der Waals surface area contributed by atoms with Gasteiger partial charge in [-0.3, -0.25) is 0 Å². The fourth-order valence-electron chi connectivity index (χ4n) is 2.38. The first-order chi connectivity index (χ1) is 8.45. The van der Waals surface area contributed by atoms with E-state index in [1.54, 1.807) is 0 Å². The maximum absolute atomic E-state index is 5.54. The van der Waals surface area contributed by atoms with Crippen LogP contribution in [0.2, 0.25) is 19.6 Å². The van der Waals surface area contributed by atoms with E-state index in [2.05, 4.69) is 55.4 Å². The standard InChI is InChI=1S/C15H20N2Si/c1-6-9-14(18(3,4)5)15-16-12-10-7-8-11-13(12)17(15)2/h1,7-8,10-11,14H,9H2,2-5H3. The van der Waals surface area contributed by atoms with Crippen molar-refractivity contribution in [2.24, 2.45) is 7.05 Å². The lowest BCUT2D eigenvalue weighted by Crippen LogP contribution is -2.32. The molecule has 2 nitrogen and oxygen atoms in total. The molecule has 0 aliphatic heterocycles. The van der Waals surface area contributed by atoms with Crippen LogP contribution in [0.3, 0.4) is 0 Å². The molecule has 1 atom stereocenters. The molecule has 0 radical (unpaired) electrons. The third-order valence-electron chi connectivity index (χ3n) is 3.50. The fraction of sp³-hybridized carbons (Fsp3) is 0.400. The van der Waals surface area contributed by atoms with E-state index in [1.807, 2.05) is 6.07 Å². The zero-order chi connectivity index (χ0) is 13.3. The summed E-state index contributed by atoms with van der Waals surface area (Å²) in [6.45, 7) is 7.07. The van der Waals surface area contributed by atoms with Gasteiger partial charge in [0.15, 0.2) is 0 Å². The van der Waals surface area contributed by atoms with E-state index < -0.39 is 8.07 Å². The van der Waals surface area contributed by atoms with Gasteiger partial charge in [-0.25, -0.2) is 4.98 Å². The van der Waals surface area contributed by atoms with Gasteiger partial charge in [-0.2, -0.15) is 0 Å². The second kappa shape index (κ2) is 4.62. The largest absolute Gasteiger partial charge is 0.331 e. The van der Waals surface area contributed by atoms with Gasteiger partial charge in [0, 0.05) is 19.0 Å². The lowest BCUT2D eigenvalue weighted by molar-refractivity contribution is 0.762. The Morgan fingerprint density at radius 1 is 1.33 bits per heavy atom. The number of imidazole rings is 1. The second-order valence-electron chi connectivity index (χ2n) is 5.84. The molecule has 1 heterocycles. The Balaban J connectivity index is 2.58. The Morgan fingerprint density at radius 3 is 2.56 bits per heavy atom. The van der Waals surface area contributed by atoms with Crippen LogP contribution in [0.4, 0.5) is 0 Å². The van der Waals surface area contributed by atoms with Gasteiger partial charge in [-0.1, -0.05) is 31.8 Å². The fourth-order valence-corrected chi connectivity index (χ4v) is 4.14. The average Bonchev–Trinajstić information content (AvgIpc) is 2.63. The molecule has 2 aromatic rings. The van der Waals surface area contributed by atoms with Crippen molar-refractivity contribution in [2.45, 2.75) is 31.6 Å². The van der Waals surface area contributed by atoms with E-state index in [0.717, 1.165) is 17.8 Å². The number of aromatic nitrogens is 2. The predicted octanol–water partition coefficient (Wildman–Crippen LogP) is 3.56. The number of hydrogen-bond donors (Lipinski definition) is 0. The van der Waals surface area contributed by atoms with Crippen molar-refractivity contribution in [3.8, 4) is 12.3 Å². The predicted molar refractivity (Wildman–Crippen MR) is 80.3 cm³/mol. The minimum absolute atomic E-state index is 0.417. The quantitative estimate of drug-likeness (QED) is 0.606. The Labute approximate surface area is 110 Å². The topological polar surface area (TPSA) is 17.8 Å². The van der Waals surface area contributed by atoms with Crippen LogP contribution in [-0.2, 0) is 7.05 Å². The van der Waals surface area contributed by atoms with Crippen molar-refractivity contribution in [3.63, 3.8) is 0 Å². The summed E-state index contributed by atoms with van der Waals surface area (Å²) < 4.78 is 2.20. The van der Waals surface area contributed by atoms with Crippen LogP contribution in [0, 0.1) is 12.3 Å². The Kier molecular flexibility index (Phi) is 3.31. The summed E-state index contributed by atoms with van der Waals surface area (Å²) in [4.78, 5) is 4.80. The van der Waals surface area contributed by atoms with Crippen LogP contribution in [0.25, 0.3) is 11.0 Å². The molecule has 0 fully saturated rings. The van der Waals surface area contributed by atoms with Crippen LogP contribution >= 0.6 is 0 Å². The summed E-state index contributed by atoms with van der Waals surface area (Å²) in [5.41, 5.74) is 2.67. The smallest absolute Gasteiger partial charge is 0.110 e. The summed E-state index contributed by atoms with van der Waals surface area (Å²) in [5.74, 6) is 3.97. The maximum atomic E-state index is 5.54. The molecule has 0 amide bonds. The highest BCUT2D eigenvalue weighted by molar-refractivity contribution is 6.77. The van der Waals surface area contributed by atoms with Crippen molar-refractivity contribution >= 4 is 19.1 Å². The first-order valence-electron chi connectivity index (χ1n) is 6.30. The first-order valence-corrected chi connectivity index (χ1v) is 9.87. The lowest BCUT2D eigenvalue weighted by Gasteiger charge is -2.26. The van der Waals surface area contributed by atoms with Crippen LogP contribution in [0.1, 0.15) is 17.8 Å². The number of terminal acetylenes is 1. The van der Waals surface area contributed by atoms with Gasteiger partial charge in [-0.15, -0.1) is 12.3 Å². The molecule has 0 saturated carbocycles. The molecule has 2 rings (SSSR count). The van der Waals surface area contributed by atoms with Gasteiger partial charge in [0.2, 0.25) is 0 Å². The maximum Gasteiger partial charge on any atom is 0.110 e. The van der Waals surface area contributed by atoms with Gasteiger partial charge in [-0.05, 0) is 12.1 Å². The molecule has 94 valence electrons. The van der Waals surface area contributed by atoms with Crippen molar-refractivity contribution < 1.29 is 0 Å². The molecule has 0 spiro atoms. The first kappa shape index (κ1) is 12.9. The molecule has 0 bridgehead atoms. The van der Waals surface area contributed by atoms with Crippen molar-refractivity contribution in [1.82, 2.24) is 9.55 Å². The zero-order valence-electron chi connectivity index (χ0n) is 11.6. The second-order valence-corrected chi connectivity index (χ2v) is 11.3. The summed E-state index contributed by atoms with van der Waals surface area (Å²) in [5, 5.41) is 0. The Hall–Kier alpha value is -1.53. The van der Waals surface area contributed by atoms with Gasteiger partial charge < -0.3 is 4.57 Å². The number of hydrogen-bond acceptors (Lipinski definition) is 1. The van der Waals surface area contributed by atoms with Gasteiger partial charge >= 0.3 is 0 Å². The number of nitrogens with zero attached hydrogens (tertiary/aromatic N) is 2. The molecule has 1 aromatic carbocycles. The number of fused-ring (bicyclic) bond motifs is 1. The monoisotopic (exact) mass is 256 g/mol. The summed E-state index contributed by atoms with van der Waals surface area (Å²) in [6, 6.07) is 8.27. The number of rotatable bonds is 3. The number of para-hydroxylation sites is 2. The minimum atomic E-state index is -1.37. The van der Waals surface area contributed by atoms with E-state index in [-0.39, 0.29) is 0 Å². The van der Waals surface area contributed by atoms with Crippen molar-refractivity contribution in [3.05, 3.63) is 30.1 Å². The summed E-state index contributed by atoms with van der Waals surface area (Å²) in [7, 11) is 0.723. The van der Waals surface area contributed by atoms with Crippen LogP contribution in [0.15, 0.2) is 24.3 Å². The third kappa shape index (κ3) is 2.21. The Bertz CT molecular complexity index is 599. The minimum Gasteiger partial charge on any atom is -0.331 e. The van der Waals surface area contributed by atoms with E-state index in [1.165, 1.54) is 5.52 Å². The molecule has 0 aliphatic rings. The van der Waals surface area contributed by atoms with Gasteiger partial charge in [0.25, 0.3) is 0 Å². The molecule has 1 unspecified atom stereocenters. The van der Waals surface area contributed by atoms with Gasteiger partial charge in [0.1, 0.15) is 5.82 Å². The summed E-state index contributed by atoms with van der Waals surface area (Å²) in [6.07, 6.45) is 6.33. The average molecular weight is 256 g/mol. The zero-order valence-corrected chi connectivity index (χ0v) is 12.6. The molecule has 18 heavy (non-hydrogen) atoms. The molecule has 0 saturated heterocycles. The molecule has 0 N–H and O–H groups in total. The van der Waals surface area contributed by atoms with Gasteiger partial charge in [0.05, 0.1) is 19.1 Å². The lowest BCUT2D eigenvalue weighted by atomic mass is 10.3. The third-order valence-corrected chi connectivity index (χ3v) is 6.05. The SMILES string of the molecule is C#CCC(c1nc2ccccc2n1C)[Si](C)(C)C. The van der Waals surface area contributed by atoms with Crippen molar-refractivity contribution in [2.75, 3.05) is 0 Å². The molecule has 0 aliphatic carbocycles. The van der Waals surface area contributed by atoms with E-state index in [9.17, 15) is 0 Å². The van der Waals surface area contributed by atoms with E-state index >= 15 is 0 Å². The number of aryl methyl sites for hydroxylation is 1. The molecule has 3 heteroatoms. The highest BCUT2D eigenvalue weighted by Crippen LogP contribution is 2.31. The summed E-state index contributed by atoms with van der Waals surface area (Å²) >= 11 is 0. The highest BCUT2D eigenvalue weighted by Gasteiger charge is 2.31. The van der Waals surface area contributed by atoms with E-state index in [0.29, 0.717) is 5.54 Å². The highest BCUT2D eigenvalue weighted by atomic mass is 28.3. The van der Waals surface area contributed by atoms with Crippen LogP contribution < -0.4 is 0 Å². The molecular weight excluding hydrogens is 236 g/mol. The Morgan fingerprint density at radius 2 is 2.00 bits per heavy atom. The number of benzene rings is 1. The molecular formula is C15H20N2Si.